The number of imidazole rings is 1. The molecule has 0 aromatic carbocycles. The fourth-order valence-corrected chi connectivity index (χ4v) is 3.74. The van der Waals surface area contributed by atoms with E-state index >= 15 is 0 Å². The number of carbonyl (C=O) groups is 1. The van der Waals surface area contributed by atoms with Gasteiger partial charge in [0.05, 0.1) is 30.0 Å². The van der Waals surface area contributed by atoms with Gasteiger partial charge in [-0.25, -0.2) is 9.98 Å². The van der Waals surface area contributed by atoms with Gasteiger partial charge in [0.25, 0.3) is 5.91 Å². The normalized spacial score (nSPS) is 20.8. The molecule has 2 unspecified atom stereocenters. The zero-order valence-corrected chi connectivity index (χ0v) is 17.6. The van der Waals surface area contributed by atoms with E-state index < -0.39 is 0 Å². The molecule has 0 radical (unpaired) electrons. The highest BCUT2D eigenvalue weighted by Gasteiger charge is 2.26. The van der Waals surface area contributed by atoms with Gasteiger partial charge in [-0.2, -0.15) is 0 Å². The maximum absolute atomic E-state index is 12.3. The fraction of sp³-hybridized carbons (Fsp3) is 0.350. The van der Waals surface area contributed by atoms with Crippen LogP contribution in [0.3, 0.4) is 0 Å². The molecule has 3 N–H and O–H groups in total. The first-order chi connectivity index (χ1) is 13.8. The van der Waals surface area contributed by atoms with E-state index in [1.165, 1.54) is 4.90 Å². The number of guanidine groups is 1. The Balaban J connectivity index is 1.57. The standard InChI is InChI=1S/C20H24ClN7O/c1-11-14(7-12-8-15(19(29)27(2)3)24-18(12)17(11)21)26-20-22-6-5-13(25-20)16-9-28(4)10-23-16/h5,7-11,14,24H,6H2,1-4H3,(H2,22,25,26). The van der Waals surface area contributed by atoms with Crippen molar-refractivity contribution < 1.29 is 4.79 Å². The van der Waals surface area contributed by atoms with E-state index in [0.717, 1.165) is 22.0 Å². The Bertz CT molecular complexity index is 1140. The van der Waals surface area contributed by atoms with Crippen LogP contribution in [-0.4, -0.2) is 58.0 Å². The lowest BCUT2D eigenvalue weighted by Crippen LogP contribution is -2.49. The third kappa shape index (κ3) is 3.67. The summed E-state index contributed by atoms with van der Waals surface area (Å²) in [6.07, 6.45) is 7.81. The molecule has 29 heavy (non-hydrogen) atoms. The predicted molar refractivity (Wildman–Crippen MR) is 114 cm³/mol. The molecule has 1 amide bonds. The third-order valence-electron chi connectivity index (χ3n) is 5.10. The van der Waals surface area contributed by atoms with Crippen molar-refractivity contribution in [2.24, 2.45) is 18.0 Å². The van der Waals surface area contributed by atoms with Gasteiger partial charge in [0.1, 0.15) is 11.4 Å². The van der Waals surface area contributed by atoms with E-state index in [1.54, 1.807) is 20.4 Å². The molecule has 8 nitrogen and oxygen atoms in total. The molecule has 0 saturated heterocycles. The number of aromatic amines is 1. The number of aromatic nitrogens is 3. The molecular weight excluding hydrogens is 390 g/mol. The summed E-state index contributed by atoms with van der Waals surface area (Å²) < 4.78 is 1.91. The quantitative estimate of drug-likeness (QED) is 0.670. The number of fused-ring (bicyclic) bond motifs is 1. The summed E-state index contributed by atoms with van der Waals surface area (Å²) in [5.41, 5.74) is 2.31. The van der Waals surface area contributed by atoms with Crippen LogP contribution in [0, 0.1) is 5.92 Å². The van der Waals surface area contributed by atoms with E-state index in [4.69, 9.17) is 11.6 Å². The minimum Gasteiger partial charge on any atom is -0.350 e. The van der Waals surface area contributed by atoms with Crippen molar-refractivity contribution in [1.29, 1.82) is 0 Å². The molecule has 2 aliphatic rings. The smallest absolute Gasteiger partial charge is 0.269 e. The number of rotatable bonds is 3. The minimum absolute atomic E-state index is 0.0128. The van der Waals surface area contributed by atoms with Crippen LogP contribution in [0.4, 0.5) is 0 Å². The molecule has 2 aromatic heterocycles. The zero-order valence-electron chi connectivity index (χ0n) is 16.8. The lowest BCUT2D eigenvalue weighted by atomic mass is 9.96. The van der Waals surface area contributed by atoms with Gasteiger partial charge in [0.2, 0.25) is 0 Å². The van der Waals surface area contributed by atoms with Crippen LogP contribution < -0.4 is 21.2 Å². The maximum Gasteiger partial charge on any atom is 0.269 e. The van der Waals surface area contributed by atoms with E-state index in [0.29, 0.717) is 23.2 Å². The van der Waals surface area contributed by atoms with Gasteiger partial charge >= 0.3 is 0 Å². The topological polar surface area (TPSA) is 90.3 Å². The molecule has 2 atom stereocenters. The summed E-state index contributed by atoms with van der Waals surface area (Å²) in [6, 6.07) is 1.78. The van der Waals surface area contributed by atoms with Gasteiger partial charge in [0, 0.05) is 38.3 Å². The highest BCUT2D eigenvalue weighted by Crippen LogP contribution is 2.22. The number of aliphatic imine (C=N–C) groups is 1. The lowest BCUT2D eigenvalue weighted by molar-refractivity contribution is 0.0822. The van der Waals surface area contributed by atoms with Crippen molar-refractivity contribution in [2.45, 2.75) is 13.0 Å². The van der Waals surface area contributed by atoms with E-state index in [2.05, 4.69) is 31.7 Å². The largest absolute Gasteiger partial charge is 0.350 e. The number of nitrogens with one attached hydrogen (secondary N) is 3. The van der Waals surface area contributed by atoms with Gasteiger partial charge in [-0.1, -0.05) is 24.6 Å². The summed E-state index contributed by atoms with van der Waals surface area (Å²) >= 11 is 6.65. The van der Waals surface area contributed by atoms with Gasteiger partial charge in [-0.15, -0.1) is 0 Å². The Hall–Kier alpha value is -3.00. The monoisotopic (exact) mass is 413 g/mol. The van der Waals surface area contributed by atoms with E-state index in [1.807, 2.05) is 36.9 Å². The number of H-pyrrole nitrogens is 1. The molecule has 9 heteroatoms. The zero-order chi connectivity index (χ0) is 20.7. The summed E-state index contributed by atoms with van der Waals surface area (Å²) in [5, 5.41) is 9.15. The number of aryl methyl sites for hydroxylation is 1. The van der Waals surface area contributed by atoms with Crippen LogP contribution in [-0.2, 0) is 7.05 Å². The Morgan fingerprint density at radius 1 is 1.41 bits per heavy atom. The minimum atomic E-state index is -0.0853. The van der Waals surface area contributed by atoms with Crippen LogP contribution in [0.25, 0.3) is 16.8 Å². The molecule has 0 saturated carbocycles. The Kier molecular flexibility index (Phi) is 4.96. The van der Waals surface area contributed by atoms with Crippen LogP contribution >= 0.6 is 11.6 Å². The fourth-order valence-electron chi connectivity index (χ4n) is 3.45. The predicted octanol–water partition coefficient (Wildman–Crippen LogP) is 0.186. The molecule has 1 aliphatic carbocycles. The highest BCUT2D eigenvalue weighted by atomic mass is 35.5. The van der Waals surface area contributed by atoms with Crippen molar-refractivity contribution in [3.8, 4) is 0 Å². The summed E-state index contributed by atoms with van der Waals surface area (Å²) in [4.78, 5) is 25.9. The second-order valence-electron chi connectivity index (χ2n) is 7.54. The van der Waals surface area contributed by atoms with Crippen molar-refractivity contribution >= 4 is 40.3 Å². The van der Waals surface area contributed by atoms with Crippen LogP contribution in [0.1, 0.15) is 23.1 Å². The van der Waals surface area contributed by atoms with Gasteiger partial charge in [-0.3, -0.25) is 4.79 Å². The molecule has 0 bridgehead atoms. The van der Waals surface area contributed by atoms with E-state index in [-0.39, 0.29) is 17.9 Å². The first-order valence-corrected chi connectivity index (χ1v) is 9.80. The second kappa shape index (κ2) is 7.44. The molecule has 0 fully saturated rings. The number of halogens is 1. The van der Waals surface area contributed by atoms with Gasteiger partial charge in [0.15, 0.2) is 5.96 Å². The van der Waals surface area contributed by atoms with Crippen LogP contribution in [0.15, 0.2) is 29.7 Å². The summed E-state index contributed by atoms with van der Waals surface area (Å²) in [6.45, 7) is 2.61. The number of hydrogen-bond donors (Lipinski definition) is 3. The average molecular weight is 414 g/mol. The van der Waals surface area contributed by atoms with Crippen LogP contribution in [0.2, 0.25) is 0 Å². The maximum atomic E-state index is 12.3. The van der Waals surface area contributed by atoms with Crippen molar-refractivity contribution in [3.05, 3.63) is 46.6 Å². The van der Waals surface area contributed by atoms with Crippen molar-refractivity contribution in [3.63, 3.8) is 0 Å². The lowest BCUT2D eigenvalue weighted by Gasteiger charge is -2.27. The Labute approximate surface area is 173 Å². The second-order valence-corrected chi connectivity index (χ2v) is 7.95. The first-order valence-electron chi connectivity index (χ1n) is 9.42. The third-order valence-corrected chi connectivity index (χ3v) is 5.64. The Morgan fingerprint density at radius 3 is 2.90 bits per heavy atom. The number of amides is 1. The average Bonchev–Trinajstić information content (AvgIpc) is 3.32. The van der Waals surface area contributed by atoms with Crippen molar-refractivity contribution in [2.75, 3.05) is 20.6 Å². The number of hydrogen-bond acceptors (Lipinski definition) is 5. The molecule has 152 valence electrons. The summed E-state index contributed by atoms with van der Waals surface area (Å²) in [5.74, 6) is 0.603. The summed E-state index contributed by atoms with van der Waals surface area (Å²) in [7, 11) is 5.39. The molecule has 2 aromatic rings. The molecular formula is C20H24ClN7O. The number of nitrogens with zero attached hydrogens (tertiary/aromatic N) is 4. The van der Waals surface area contributed by atoms with Crippen LogP contribution in [0.5, 0.6) is 0 Å². The highest BCUT2D eigenvalue weighted by molar-refractivity contribution is 6.45. The Morgan fingerprint density at radius 2 is 2.21 bits per heavy atom. The van der Waals surface area contributed by atoms with Gasteiger partial charge < -0.3 is 25.1 Å². The van der Waals surface area contributed by atoms with Gasteiger partial charge in [-0.05, 0) is 17.4 Å². The van der Waals surface area contributed by atoms with E-state index in [9.17, 15) is 4.79 Å². The SMILES string of the molecule is CC1C(Cl)=c2[nH]c(C(=O)N(C)C)cc2=CC1NC1=NCC=C(c2cn(C)cn2)N1. The first kappa shape index (κ1) is 19.3. The number of carbonyl (C=O) groups excluding carboxylic acids is 1. The van der Waals surface area contributed by atoms with Crippen molar-refractivity contribution in [1.82, 2.24) is 30.1 Å². The molecule has 4 rings (SSSR count). The molecule has 0 spiro atoms. The molecule has 1 aliphatic heterocycles. The molecule has 3 heterocycles.